The maximum Gasteiger partial charge on any atom is 0.0380 e. The van der Waals surface area contributed by atoms with Crippen molar-refractivity contribution in [2.75, 3.05) is 18.5 Å². The van der Waals surface area contributed by atoms with Gasteiger partial charge in [-0.05, 0) is 56.3 Å². The van der Waals surface area contributed by atoms with Gasteiger partial charge in [0.15, 0.2) is 0 Å². The van der Waals surface area contributed by atoms with Crippen LogP contribution in [0.4, 0.5) is 5.69 Å². The fourth-order valence-electron chi connectivity index (χ4n) is 3.99. The van der Waals surface area contributed by atoms with Gasteiger partial charge in [-0.1, -0.05) is 34.8 Å². The molecule has 20 heavy (non-hydrogen) atoms. The lowest BCUT2D eigenvalue weighted by Gasteiger charge is -2.45. The summed E-state index contributed by atoms with van der Waals surface area (Å²) in [5, 5.41) is 3.23. The van der Waals surface area contributed by atoms with E-state index in [9.17, 15) is 0 Å². The van der Waals surface area contributed by atoms with E-state index in [-0.39, 0.29) is 0 Å². The Hall–Kier alpha value is -0.540. The maximum absolute atomic E-state index is 3.74. The van der Waals surface area contributed by atoms with E-state index in [0.717, 1.165) is 18.5 Å². The number of hydrogen-bond donors (Lipinski definition) is 1. The third-order valence-corrected chi connectivity index (χ3v) is 5.72. The Morgan fingerprint density at radius 2 is 2.00 bits per heavy atom. The van der Waals surface area contributed by atoms with Crippen LogP contribution in [0.3, 0.4) is 0 Å². The third-order valence-electron chi connectivity index (χ3n) is 4.98. The van der Waals surface area contributed by atoms with Gasteiger partial charge in [-0.25, -0.2) is 0 Å². The van der Waals surface area contributed by atoms with E-state index in [1.807, 2.05) is 7.05 Å². The normalized spacial score (nSPS) is 26.4. The number of nitrogens with zero attached hydrogens (tertiary/aromatic N) is 1. The minimum absolute atomic E-state index is 0.791. The smallest absolute Gasteiger partial charge is 0.0380 e. The van der Waals surface area contributed by atoms with Gasteiger partial charge in [0, 0.05) is 29.3 Å². The second-order valence-electron chi connectivity index (χ2n) is 6.25. The van der Waals surface area contributed by atoms with Crippen LogP contribution in [0.15, 0.2) is 22.7 Å². The molecule has 0 aromatic heterocycles. The first-order valence-electron chi connectivity index (χ1n) is 7.99. The van der Waals surface area contributed by atoms with Gasteiger partial charge < -0.3 is 10.2 Å². The largest absolute Gasteiger partial charge is 0.368 e. The van der Waals surface area contributed by atoms with Gasteiger partial charge >= 0.3 is 0 Å². The number of anilines is 1. The van der Waals surface area contributed by atoms with Crippen molar-refractivity contribution in [3.05, 3.63) is 28.2 Å². The quantitative estimate of drug-likeness (QED) is 0.883. The van der Waals surface area contributed by atoms with Crippen molar-refractivity contribution >= 4 is 21.6 Å². The van der Waals surface area contributed by atoms with E-state index in [1.54, 1.807) is 0 Å². The predicted octanol–water partition coefficient (Wildman–Crippen LogP) is 4.33. The molecule has 1 aliphatic carbocycles. The molecule has 1 saturated carbocycles. The number of rotatable bonds is 3. The van der Waals surface area contributed by atoms with Crippen molar-refractivity contribution in [2.24, 2.45) is 5.92 Å². The SMILES string of the molecule is CNCc1ccc(N2CCC[C@H]3CCCC[C@H]32)cc1Br. The molecular formula is C17H25BrN2. The maximum atomic E-state index is 3.74. The molecule has 1 aromatic carbocycles. The highest BCUT2D eigenvalue weighted by Gasteiger charge is 2.33. The highest BCUT2D eigenvalue weighted by molar-refractivity contribution is 9.10. The number of hydrogen-bond acceptors (Lipinski definition) is 2. The molecular weight excluding hydrogens is 312 g/mol. The molecule has 1 aliphatic heterocycles. The molecule has 0 amide bonds. The molecule has 1 N–H and O–H groups in total. The van der Waals surface area contributed by atoms with Crippen LogP contribution in [-0.2, 0) is 6.54 Å². The topological polar surface area (TPSA) is 15.3 Å². The number of benzene rings is 1. The van der Waals surface area contributed by atoms with Gasteiger partial charge in [-0.15, -0.1) is 0 Å². The summed E-state index contributed by atoms with van der Waals surface area (Å²) in [5.74, 6) is 0.938. The van der Waals surface area contributed by atoms with Crippen LogP contribution in [0, 0.1) is 5.92 Å². The van der Waals surface area contributed by atoms with E-state index in [0.29, 0.717) is 0 Å². The third kappa shape index (κ3) is 2.89. The van der Waals surface area contributed by atoms with Crippen LogP contribution in [0.5, 0.6) is 0 Å². The first-order chi connectivity index (χ1) is 9.79. The number of piperidine rings is 1. The van der Waals surface area contributed by atoms with Gasteiger partial charge in [0.2, 0.25) is 0 Å². The zero-order chi connectivity index (χ0) is 13.9. The Morgan fingerprint density at radius 3 is 2.80 bits per heavy atom. The standard InChI is InChI=1S/C17H25BrN2/c1-19-12-14-8-9-15(11-16(14)18)20-10-4-6-13-5-2-3-7-17(13)20/h8-9,11,13,17,19H,2-7,10,12H2,1H3/t13-,17-/m1/s1. The summed E-state index contributed by atoms with van der Waals surface area (Å²) in [5.41, 5.74) is 2.75. The lowest BCUT2D eigenvalue weighted by atomic mass is 9.78. The number of fused-ring (bicyclic) bond motifs is 1. The summed E-state index contributed by atoms with van der Waals surface area (Å²) < 4.78 is 1.24. The average molecular weight is 337 g/mol. The Labute approximate surface area is 131 Å². The molecule has 1 saturated heterocycles. The number of nitrogens with one attached hydrogen (secondary N) is 1. The molecule has 0 radical (unpaired) electrons. The van der Waals surface area contributed by atoms with E-state index < -0.39 is 0 Å². The molecule has 0 unspecified atom stereocenters. The summed E-state index contributed by atoms with van der Waals surface area (Å²) in [7, 11) is 2.00. The summed E-state index contributed by atoms with van der Waals surface area (Å²) >= 11 is 3.74. The molecule has 0 bridgehead atoms. The lowest BCUT2D eigenvalue weighted by molar-refractivity contribution is 0.244. The highest BCUT2D eigenvalue weighted by Crippen LogP contribution is 2.38. The van der Waals surface area contributed by atoms with Crippen LogP contribution in [0.25, 0.3) is 0 Å². The highest BCUT2D eigenvalue weighted by atomic mass is 79.9. The first-order valence-corrected chi connectivity index (χ1v) is 8.78. The lowest BCUT2D eigenvalue weighted by Crippen LogP contribution is -2.46. The Bertz CT molecular complexity index is 458. The molecule has 110 valence electrons. The molecule has 2 atom stereocenters. The molecule has 2 aliphatic rings. The summed E-state index contributed by atoms with van der Waals surface area (Å²) in [6.45, 7) is 2.16. The van der Waals surface area contributed by atoms with Gasteiger partial charge in [0.05, 0.1) is 0 Å². The first kappa shape index (κ1) is 14.4. The van der Waals surface area contributed by atoms with E-state index in [2.05, 4.69) is 44.3 Å². The summed E-state index contributed by atoms with van der Waals surface area (Å²) in [4.78, 5) is 2.68. The molecule has 1 heterocycles. The predicted molar refractivity (Wildman–Crippen MR) is 89.2 cm³/mol. The van der Waals surface area contributed by atoms with Crippen molar-refractivity contribution in [1.82, 2.24) is 5.32 Å². The Morgan fingerprint density at radius 1 is 1.20 bits per heavy atom. The minimum Gasteiger partial charge on any atom is -0.368 e. The zero-order valence-corrected chi connectivity index (χ0v) is 14.0. The average Bonchev–Trinajstić information content (AvgIpc) is 2.49. The van der Waals surface area contributed by atoms with Crippen LogP contribution in [-0.4, -0.2) is 19.6 Å². The van der Waals surface area contributed by atoms with Crippen molar-refractivity contribution in [3.63, 3.8) is 0 Å². The van der Waals surface area contributed by atoms with E-state index in [4.69, 9.17) is 0 Å². The second kappa shape index (κ2) is 6.48. The van der Waals surface area contributed by atoms with Gasteiger partial charge in [-0.3, -0.25) is 0 Å². The molecule has 2 fully saturated rings. The summed E-state index contributed by atoms with van der Waals surface area (Å²) in [6.07, 6.45) is 8.49. The fourth-order valence-corrected chi connectivity index (χ4v) is 4.50. The van der Waals surface area contributed by atoms with Crippen molar-refractivity contribution in [3.8, 4) is 0 Å². The molecule has 2 nitrogen and oxygen atoms in total. The minimum atomic E-state index is 0.791. The molecule has 0 spiro atoms. The van der Waals surface area contributed by atoms with Crippen LogP contribution < -0.4 is 10.2 Å². The molecule has 3 heteroatoms. The van der Waals surface area contributed by atoms with Gasteiger partial charge in [0.25, 0.3) is 0 Å². The molecule has 1 aromatic rings. The molecule has 3 rings (SSSR count). The van der Waals surface area contributed by atoms with E-state index >= 15 is 0 Å². The van der Waals surface area contributed by atoms with Crippen LogP contribution in [0.1, 0.15) is 44.1 Å². The van der Waals surface area contributed by atoms with E-state index in [1.165, 1.54) is 60.8 Å². The Balaban J connectivity index is 1.82. The monoisotopic (exact) mass is 336 g/mol. The van der Waals surface area contributed by atoms with Gasteiger partial charge in [-0.2, -0.15) is 0 Å². The zero-order valence-electron chi connectivity index (χ0n) is 12.4. The van der Waals surface area contributed by atoms with Gasteiger partial charge in [0.1, 0.15) is 0 Å². The van der Waals surface area contributed by atoms with Crippen LogP contribution in [0.2, 0.25) is 0 Å². The second-order valence-corrected chi connectivity index (χ2v) is 7.11. The van der Waals surface area contributed by atoms with Crippen molar-refractivity contribution in [1.29, 1.82) is 0 Å². The van der Waals surface area contributed by atoms with Crippen molar-refractivity contribution < 1.29 is 0 Å². The fraction of sp³-hybridized carbons (Fsp3) is 0.647. The Kier molecular flexibility index (Phi) is 4.67. The number of halogens is 1. The van der Waals surface area contributed by atoms with Crippen LogP contribution >= 0.6 is 15.9 Å². The van der Waals surface area contributed by atoms with Crippen molar-refractivity contribution in [2.45, 2.75) is 51.1 Å². The summed E-state index contributed by atoms with van der Waals surface area (Å²) in [6, 6.07) is 7.69.